The average Bonchev–Trinajstić information content (AvgIpc) is 3.05. The van der Waals surface area contributed by atoms with Gasteiger partial charge in [-0.3, -0.25) is 4.79 Å². The zero-order valence-electron chi connectivity index (χ0n) is 12.9. The molecule has 24 heavy (non-hydrogen) atoms. The van der Waals surface area contributed by atoms with Gasteiger partial charge in [0.15, 0.2) is 5.76 Å². The van der Waals surface area contributed by atoms with Crippen LogP contribution in [-0.2, 0) is 0 Å². The number of rotatable bonds is 6. The summed E-state index contributed by atoms with van der Waals surface area (Å²) >= 11 is 0. The molecule has 0 saturated heterocycles. The van der Waals surface area contributed by atoms with Crippen molar-refractivity contribution < 1.29 is 13.9 Å². The first-order chi connectivity index (χ1) is 11.8. The second-order valence-corrected chi connectivity index (χ2v) is 5.02. The number of nitrogens with one attached hydrogen (secondary N) is 1. The van der Waals surface area contributed by atoms with Gasteiger partial charge in [-0.15, -0.1) is 0 Å². The molecule has 2 aromatic carbocycles. The van der Waals surface area contributed by atoms with E-state index in [0.29, 0.717) is 12.2 Å². The molecule has 0 radical (unpaired) electrons. The molecule has 0 bridgehead atoms. The Morgan fingerprint density at radius 2 is 2.00 bits per heavy atom. The molecule has 0 aliphatic heterocycles. The van der Waals surface area contributed by atoms with Gasteiger partial charge in [0.1, 0.15) is 17.9 Å². The van der Waals surface area contributed by atoms with Crippen LogP contribution in [0, 0.1) is 0 Å². The molecule has 0 saturated carbocycles. The van der Waals surface area contributed by atoms with Gasteiger partial charge in [0.25, 0.3) is 0 Å². The van der Waals surface area contributed by atoms with Crippen molar-refractivity contribution in [2.75, 3.05) is 6.61 Å². The molecule has 0 atom stereocenters. The van der Waals surface area contributed by atoms with E-state index in [4.69, 9.17) is 9.15 Å². The maximum absolute atomic E-state index is 12.0. The Bertz CT molecular complexity index is 846. The van der Waals surface area contributed by atoms with Crippen LogP contribution in [0.25, 0.3) is 11.0 Å². The number of carbonyl (C=O) groups is 1. The second-order valence-electron chi connectivity index (χ2n) is 5.02. The highest BCUT2D eigenvalue weighted by Crippen LogP contribution is 2.18. The number of hydrogen-bond donors (Lipinski definition) is 1. The summed E-state index contributed by atoms with van der Waals surface area (Å²) in [5.74, 6) is 0.577. The lowest BCUT2D eigenvalue weighted by atomic mass is 10.2. The van der Waals surface area contributed by atoms with Crippen molar-refractivity contribution in [3.63, 3.8) is 0 Å². The normalized spacial score (nSPS) is 10.8. The number of carbonyl (C=O) groups excluding carboxylic acids is 1. The number of para-hydroxylation sites is 1. The quantitative estimate of drug-likeness (QED) is 0.427. The molecule has 3 aromatic rings. The van der Waals surface area contributed by atoms with E-state index < -0.39 is 5.91 Å². The monoisotopic (exact) mass is 320 g/mol. The molecule has 5 heteroatoms. The minimum atomic E-state index is -0.395. The molecule has 0 aliphatic carbocycles. The summed E-state index contributed by atoms with van der Waals surface area (Å²) in [4.78, 5) is 12.0. The van der Waals surface area contributed by atoms with Crippen LogP contribution in [0.15, 0.2) is 76.8 Å². The number of hydrogen-bond acceptors (Lipinski definition) is 4. The molecule has 3 rings (SSSR count). The van der Waals surface area contributed by atoms with Crippen LogP contribution in [0.2, 0.25) is 0 Å². The van der Waals surface area contributed by atoms with Crippen LogP contribution in [0.3, 0.4) is 0 Å². The van der Waals surface area contributed by atoms with Gasteiger partial charge in [-0.25, -0.2) is 5.43 Å². The zero-order valence-corrected chi connectivity index (χ0v) is 12.9. The SMILES string of the molecule is C=CCOc1ccc(C=NNC(=O)c2cc3ccccc3o2)cc1. The van der Waals surface area contributed by atoms with Crippen molar-refractivity contribution in [1.82, 2.24) is 5.43 Å². The Morgan fingerprint density at radius 3 is 2.75 bits per heavy atom. The number of benzene rings is 2. The van der Waals surface area contributed by atoms with E-state index in [2.05, 4.69) is 17.1 Å². The van der Waals surface area contributed by atoms with Gasteiger partial charge in [0.05, 0.1) is 6.21 Å². The molecule has 1 amide bonds. The molecule has 0 unspecified atom stereocenters. The molecule has 5 nitrogen and oxygen atoms in total. The fourth-order valence-electron chi connectivity index (χ4n) is 2.12. The molecule has 0 fully saturated rings. The fourth-order valence-corrected chi connectivity index (χ4v) is 2.12. The average molecular weight is 320 g/mol. The Balaban J connectivity index is 1.60. The second kappa shape index (κ2) is 7.28. The summed E-state index contributed by atoms with van der Waals surface area (Å²) in [7, 11) is 0. The maximum atomic E-state index is 12.0. The fraction of sp³-hybridized carbons (Fsp3) is 0.0526. The van der Waals surface area contributed by atoms with Gasteiger partial charge in [-0.2, -0.15) is 5.10 Å². The van der Waals surface area contributed by atoms with Crippen LogP contribution in [0.5, 0.6) is 5.75 Å². The third kappa shape index (κ3) is 3.70. The maximum Gasteiger partial charge on any atom is 0.307 e. The highest BCUT2D eigenvalue weighted by atomic mass is 16.5. The summed E-state index contributed by atoms with van der Waals surface area (Å²) in [6.45, 7) is 4.05. The van der Waals surface area contributed by atoms with Gasteiger partial charge in [-0.05, 0) is 42.0 Å². The number of hydrazone groups is 1. The predicted molar refractivity (Wildman–Crippen MR) is 93.4 cm³/mol. The first-order valence-corrected chi connectivity index (χ1v) is 7.42. The predicted octanol–water partition coefficient (Wildman–Crippen LogP) is 3.76. The molecule has 120 valence electrons. The van der Waals surface area contributed by atoms with Gasteiger partial charge in [0.2, 0.25) is 0 Å². The van der Waals surface area contributed by atoms with E-state index in [1.807, 2.05) is 48.5 Å². The van der Waals surface area contributed by atoms with Crippen LogP contribution in [0.1, 0.15) is 16.1 Å². The minimum Gasteiger partial charge on any atom is -0.490 e. The first kappa shape index (κ1) is 15.6. The lowest BCUT2D eigenvalue weighted by Gasteiger charge is -2.02. The number of fused-ring (bicyclic) bond motifs is 1. The summed E-state index contributed by atoms with van der Waals surface area (Å²) in [5.41, 5.74) is 3.96. The van der Waals surface area contributed by atoms with Crippen molar-refractivity contribution in [3.8, 4) is 5.75 Å². The smallest absolute Gasteiger partial charge is 0.307 e. The Kier molecular flexibility index (Phi) is 4.72. The van der Waals surface area contributed by atoms with Gasteiger partial charge in [-0.1, -0.05) is 30.9 Å². The topological polar surface area (TPSA) is 63.8 Å². The number of furan rings is 1. The van der Waals surface area contributed by atoms with Crippen molar-refractivity contribution in [2.24, 2.45) is 5.10 Å². The first-order valence-electron chi connectivity index (χ1n) is 7.42. The molecule has 0 spiro atoms. The van der Waals surface area contributed by atoms with Crippen LogP contribution >= 0.6 is 0 Å². The van der Waals surface area contributed by atoms with E-state index in [1.54, 1.807) is 18.4 Å². The molecule has 1 aromatic heterocycles. The largest absolute Gasteiger partial charge is 0.490 e. The number of amides is 1. The minimum absolute atomic E-state index is 0.224. The van der Waals surface area contributed by atoms with E-state index in [1.165, 1.54) is 0 Å². The number of ether oxygens (including phenoxy) is 1. The molecular weight excluding hydrogens is 304 g/mol. The van der Waals surface area contributed by atoms with Crippen molar-refractivity contribution in [1.29, 1.82) is 0 Å². The highest BCUT2D eigenvalue weighted by molar-refractivity contribution is 5.96. The van der Waals surface area contributed by atoms with Crippen molar-refractivity contribution >= 4 is 23.1 Å². The zero-order chi connectivity index (χ0) is 16.8. The summed E-state index contributed by atoms with van der Waals surface area (Å²) < 4.78 is 10.9. The highest BCUT2D eigenvalue weighted by Gasteiger charge is 2.10. The van der Waals surface area contributed by atoms with E-state index in [9.17, 15) is 4.79 Å². The standard InChI is InChI=1S/C19H16N2O3/c1-2-11-23-16-9-7-14(8-10-16)13-20-21-19(22)18-12-15-5-3-4-6-17(15)24-18/h2-10,12-13H,1,11H2,(H,21,22). The Labute approximate surface area is 139 Å². The lowest BCUT2D eigenvalue weighted by molar-refractivity contribution is 0.0929. The third-order valence-electron chi connectivity index (χ3n) is 3.28. The van der Waals surface area contributed by atoms with Crippen LogP contribution in [0.4, 0.5) is 0 Å². The third-order valence-corrected chi connectivity index (χ3v) is 3.28. The Morgan fingerprint density at radius 1 is 1.21 bits per heavy atom. The molecule has 1 N–H and O–H groups in total. The van der Waals surface area contributed by atoms with Crippen molar-refractivity contribution in [2.45, 2.75) is 0 Å². The van der Waals surface area contributed by atoms with Gasteiger partial charge >= 0.3 is 5.91 Å². The van der Waals surface area contributed by atoms with Gasteiger partial charge in [0, 0.05) is 5.39 Å². The molecule has 1 heterocycles. The van der Waals surface area contributed by atoms with Crippen LogP contribution in [-0.4, -0.2) is 18.7 Å². The summed E-state index contributed by atoms with van der Waals surface area (Å²) in [6, 6.07) is 16.5. The van der Waals surface area contributed by atoms with E-state index in [-0.39, 0.29) is 5.76 Å². The summed E-state index contributed by atoms with van der Waals surface area (Å²) in [6.07, 6.45) is 3.24. The molecule has 0 aliphatic rings. The summed E-state index contributed by atoms with van der Waals surface area (Å²) in [5, 5.41) is 4.81. The molecular formula is C19H16N2O3. The van der Waals surface area contributed by atoms with E-state index >= 15 is 0 Å². The number of nitrogens with zero attached hydrogens (tertiary/aromatic N) is 1. The van der Waals surface area contributed by atoms with E-state index in [0.717, 1.165) is 16.7 Å². The van der Waals surface area contributed by atoms with Crippen molar-refractivity contribution in [3.05, 3.63) is 78.6 Å². The lowest BCUT2D eigenvalue weighted by Crippen LogP contribution is -2.16. The Hall–Kier alpha value is -3.34. The van der Waals surface area contributed by atoms with Crippen LogP contribution < -0.4 is 10.2 Å². The van der Waals surface area contributed by atoms with Gasteiger partial charge < -0.3 is 9.15 Å².